The van der Waals surface area contributed by atoms with Crippen molar-refractivity contribution in [1.29, 1.82) is 0 Å². The SMILES string of the molecule is CCC1CSc2cc(C)ccc2N1. The Labute approximate surface area is 83.9 Å². The Bertz CT molecular complexity index is 309. The molecule has 2 rings (SSSR count). The summed E-state index contributed by atoms with van der Waals surface area (Å²) in [4.78, 5) is 1.41. The Hall–Kier alpha value is -0.630. The Balaban J connectivity index is 2.26. The van der Waals surface area contributed by atoms with Crippen molar-refractivity contribution in [1.82, 2.24) is 0 Å². The molecule has 2 heteroatoms. The predicted octanol–water partition coefficient (Wildman–Crippen LogP) is 3.29. The summed E-state index contributed by atoms with van der Waals surface area (Å²) < 4.78 is 0. The third-order valence-electron chi connectivity index (χ3n) is 2.43. The van der Waals surface area contributed by atoms with Crippen LogP contribution in [0.3, 0.4) is 0 Å². The van der Waals surface area contributed by atoms with Crippen molar-refractivity contribution in [2.75, 3.05) is 11.1 Å². The molecule has 1 atom stereocenters. The molecular weight excluding hydrogens is 178 g/mol. The van der Waals surface area contributed by atoms with Crippen LogP contribution in [0.4, 0.5) is 5.69 Å². The summed E-state index contributed by atoms with van der Waals surface area (Å²) in [5, 5.41) is 3.55. The second-order valence-electron chi connectivity index (χ2n) is 3.56. The number of aryl methyl sites for hydroxylation is 1. The number of anilines is 1. The van der Waals surface area contributed by atoms with E-state index in [1.54, 1.807) is 0 Å². The number of rotatable bonds is 1. The van der Waals surface area contributed by atoms with Crippen LogP contribution in [0, 0.1) is 6.92 Å². The van der Waals surface area contributed by atoms with Crippen molar-refractivity contribution < 1.29 is 0 Å². The fourth-order valence-electron chi connectivity index (χ4n) is 1.54. The second-order valence-corrected chi connectivity index (χ2v) is 4.62. The quantitative estimate of drug-likeness (QED) is 0.734. The fraction of sp³-hybridized carbons (Fsp3) is 0.455. The highest BCUT2D eigenvalue weighted by Crippen LogP contribution is 2.34. The fourth-order valence-corrected chi connectivity index (χ4v) is 2.79. The Morgan fingerprint density at radius 3 is 3.15 bits per heavy atom. The average Bonchev–Trinajstić information content (AvgIpc) is 2.17. The first kappa shape index (κ1) is 8.95. The van der Waals surface area contributed by atoms with Gasteiger partial charge in [-0.2, -0.15) is 0 Å². The molecule has 1 unspecified atom stereocenters. The van der Waals surface area contributed by atoms with Gasteiger partial charge in [0.2, 0.25) is 0 Å². The molecule has 0 radical (unpaired) electrons. The largest absolute Gasteiger partial charge is 0.381 e. The zero-order valence-electron chi connectivity index (χ0n) is 8.13. The minimum Gasteiger partial charge on any atom is -0.381 e. The van der Waals surface area contributed by atoms with E-state index in [0.717, 1.165) is 0 Å². The van der Waals surface area contributed by atoms with Gasteiger partial charge in [-0.1, -0.05) is 13.0 Å². The smallest absolute Gasteiger partial charge is 0.0480 e. The van der Waals surface area contributed by atoms with Crippen molar-refractivity contribution in [3.8, 4) is 0 Å². The summed E-state index contributed by atoms with van der Waals surface area (Å²) in [6, 6.07) is 7.28. The van der Waals surface area contributed by atoms with Crippen molar-refractivity contribution in [3.05, 3.63) is 23.8 Å². The van der Waals surface area contributed by atoms with E-state index >= 15 is 0 Å². The van der Waals surface area contributed by atoms with Gasteiger partial charge in [-0.25, -0.2) is 0 Å². The number of thioether (sulfide) groups is 1. The standard InChI is InChI=1S/C11H15NS/c1-3-9-7-13-11-6-8(2)4-5-10(11)12-9/h4-6,9,12H,3,7H2,1-2H3. The molecule has 0 aromatic heterocycles. The number of hydrogen-bond acceptors (Lipinski definition) is 2. The predicted molar refractivity (Wildman–Crippen MR) is 59.6 cm³/mol. The number of benzene rings is 1. The van der Waals surface area contributed by atoms with Gasteiger partial charge in [0.05, 0.1) is 0 Å². The van der Waals surface area contributed by atoms with Crippen molar-refractivity contribution in [2.24, 2.45) is 0 Å². The Kier molecular flexibility index (Phi) is 2.49. The summed E-state index contributed by atoms with van der Waals surface area (Å²) in [7, 11) is 0. The molecule has 1 N–H and O–H groups in total. The van der Waals surface area contributed by atoms with Gasteiger partial charge < -0.3 is 5.32 Å². The van der Waals surface area contributed by atoms with Gasteiger partial charge >= 0.3 is 0 Å². The van der Waals surface area contributed by atoms with Crippen molar-refractivity contribution >= 4 is 17.4 Å². The highest BCUT2D eigenvalue weighted by atomic mass is 32.2. The van der Waals surface area contributed by atoms with Gasteiger partial charge in [-0.05, 0) is 31.0 Å². The lowest BCUT2D eigenvalue weighted by atomic mass is 10.2. The van der Waals surface area contributed by atoms with E-state index in [1.165, 1.54) is 28.3 Å². The number of nitrogens with one attached hydrogen (secondary N) is 1. The molecule has 0 amide bonds. The van der Waals surface area contributed by atoms with E-state index in [4.69, 9.17) is 0 Å². The van der Waals surface area contributed by atoms with Crippen LogP contribution in [0.2, 0.25) is 0 Å². The average molecular weight is 193 g/mol. The van der Waals surface area contributed by atoms with Crippen LogP contribution in [0.5, 0.6) is 0 Å². The van der Waals surface area contributed by atoms with Crippen LogP contribution < -0.4 is 5.32 Å². The van der Waals surface area contributed by atoms with Crippen LogP contribution in [-0.4, -0.2) is 11.8 Å². The maximum absolute atomic E-state index is 3.55. The lowest BCUT2D eigenvalue weighted by Gasteiger charge is -2.25. The maximum Gasteiger partial charge on any atom is 0.0480 e. The lowest BCUT2D eigenvalue weighted by molar-refractivity contribution is 0.764. The first-order valence-electron chi connectivity index (χ1n) is 4.79. The normalized spacial score (nSPS) is 20.6. The van der Waals surface area contributed by atoms with Crippen LogP contribution in [0.1, 0.15) is 18.9 Å². The van der Waals surface area contributed by atoms with Gasteiger partial charge in [-0.3, -0.25) is 0 Å². The van der Waals surface area contributed by atoms with Gasteiger partial charge in [-0.15, -0.1) is 11.8 Å². The van der Waals surface area contributed by atoms with E-state index in [2.05, 4.69) is 37.4 Å². The summed E-state index contributed by atoms with van der Waals surface area (Å²) in [6.45, 7) is 4.38. The summed E-state index contributed by atoms with van der Waals surface area (Å²) in [5.74, 6) is 1.20. The van der Waals surface area contributed by atoms with Gasteiger partial charge in [0.25, 0.3) is 0 Å². The molecule has 0 fully saturated rings. The van der Waals surface area contributed by atoms with Crippen LogP contribution in [0.15, 0.2) is 23.1 Å². The van der Waals surface area contributed by atoms with E-state index in [9.17, 15) is 0 Å². The molecule has 0 saturated heterocycles. The Morgan fingerprint density at radius 1 is 1.54 bits per heavy atom. The molecule has 1 nitrogen and oxygen atoms in total. The van der Waals surface area contributed by atoms with E-state index in [-0.39, 0.29) is 0 Å². The first-order valence-corrected chi connectivity index (χ1v) is 5.78. The highest BCUT2D eigenvalue weighted by molar-refractivity contribution is 7.99. The molecule has 13 heavy (non-hydrogen) atoms. The minimum atomic E-state index is 0.653. The highest BCUT2D eigenvalue weighted by Gasteiger charge is 2.15. The van der Waals surface area contributed by atoms with Gasteiger partial charge in [0.1, 0.15) is 0 Å². The lowest BCUT2D eigenvalue weighted by Crippen LogP contribution is -2.24. The molecule has 0 aliphatic carbocycles. The summed E-state index contributed by atoms with van der Waals surface area (Å²) in [6.07, 6.45) is 1.21. The zero-order valence-corrected chi connectivity index (χ0v) is 8.95. The van der Waals surface area contributed by atoms with Crippen molar-refractivity contribution in [2.45, 2.75) is 31.2 Å². The molecule has 1 aromatic carbocycles. The van der Waals surface area contributed by atoms with Gasteiger partial charge in [0.15, 0.2) is 0 Å². The van der Waals surface area contributed by atoms with Crippen LogP contribution >= 0.6 is 11.8 Å². The molecular formula is C11H15NS. The topological polar surface area (TPSA) is 12.0 Å². The summed E-state index contributed by atoms with van der Waals surface area (Å²) in [5.41, 5.74) is 2.66. The first-order chi connectivity index (χ1) is 6.29. The van der Waals surface area contributed by atoms with E-state index in [1.807, 2.05) is 11.8 Å². The molecule has 0 spiro atoms. The molecule has 1 aliphatic rings. The third kappa shape index (κ3) is 1.83. The molecule has 0 saturated carbocycles. The maximum atomic E-state index is 3.55. The Morgan fingerprint density at radius 2 is 2.38 bits per heavy atom. The summed E-state index contributed by atoms with van der Waals surface area (Å²) >= 11 is 1.97. The minimum absolute atomic E-state index is 0.653. The van der Waals surface area contributed by atoms with E-state index < -0.39 is 0 Å². The monoisotopic (exact) mass is 193 g/mol. The number of hydrogen-bond donors (Lipinski definition) is 1. The van der Waals surface area contributed by atoms with Gasteiger partial charge in [0, 0.05) is 22.4 Å². The zero-order chi connectivity index (χ0) is 9.26. The molecule has 70 valence electrons. The molecule has 0 bridgehead atoms. The van der Waals surface area contributed by atoms with E-state index in [0.29, 0.717) is 6.04 Å². The van der Waals surface area contributed by atoms with Crippen LogP contribution in [-0.2, 0) is 0 Å². The second kappa shape index (κ2) is 3.62. The van der Waals surface area contributed by atoms with Crippen molar-refractivity contribution in [3.63, 3.8) is 0 Å². The molecule has 1 heterocycles. The van der Waals surface area contributed by atoms with Crippen LogP contribution in [0.25, 0.3) is 0 Å². The molecule has 1 aliphatic heterocycles. The molecule has 1 aromatic rings. The third-order valence-corrected chi connectivity index (χ3v) is 3.65. The number of fused-ring (bicyclic) bond motifs is 1.